The van der Waals surface area contributed by atoms with Crippen LogP contribution in [-0.2, 0) is 4.18 Å². The Hall–Kier alpha value is 0.0500. The molecule has 1 unspecified atom stereocenters. The maximum Gasteiger partial charge on any atom is 0.0872 e. The molecule has 0 fully saturated rings. The van der Waals surface area contributed by atoms with Gasteiger partial charge in [0.1, 0.15) is 0 Å². The second-order valence-electron chi connectivity index (χ2n) is 1.44. The maximum atomic E-state index is 5.14. The molecule has 0 aromatic carbocycles. The molecule has 0 heterocycles. The van der Waals surface area contributed by atoms with E-state index in [2.05, 4.69) is 13.5 Å². The van der Waals surface area contributed by atoms with Gasteiger partial charge in [0, 0.05) is 5.75 Å². The largest absolute Gasteiger partial charge is 0.308 e. The van der Waals surface area contributed by atoms with Crippen molar-refractivity contribution in [2.24, 2.45) is 0 Å². The van der Waals surface area contributed by atoms with Crippen LogP contribution in [0.3, 0.4) is 0 Å². The molecule has 0 saturated heterocycles. The molecule has 0 aliphatic rings. The quantitative estimate of drug-likeness (QED) is 0.428. The molecule has 0 N–H and O–H groups in total. The lowest BCUT2D eigenvalue weighted by Gasteiger charge is -2.02. The highest BCUT2D eigenvalue weighted by molar-refractivity contribution is 7.94. The first kappa shape index (κ1) is 8.05. The van der Waals surface area contributed by atoms with E-state index in [4.69, 9.17) is 4.18 Å². The van der Waals surface area contributed by atoms with Crippen LogP contribution in [0.2, 0.25) is 0 Å². The van der Waals surface area contributed by atoms with Crippen molar-refractivity contribution in [1.29, 1.82) is 0 Å². The molecule has 0 saturated carbocycles. The van der Waals surface area contributed by atoms with Crippen LogP contribution in [0, 0.1) is 0 Å². The Morgan fingerprint density at radius 2 is 2.50 bits per heavy atom. The minimum Gasteiger partial charge on any atom is -0.308 e. The first-order valence-corrected chi connectivity index (χ1v) is 3.63. The average Bonchev–Trinajstić information content (AvgIpc) is 1.83. The third kappa shape index (κ3) is 4.22. The lowest BCUT2D eigenvalue weighted by atomic mass is 10.4. The van der Waals surface area contributed by atoms with Gasteiger partial charge in [0.25, 0.3) is 0 Å². The second-order valence-corrected chi connectivity index (χ2v) is 2.45. The van der Waals surface area contributed by atoms with Crippen LogP contribution < -0.4 is 0 Å². The third-order valence-electron chi connectivity index (χ3n) is 0.670. The molecule has 1 atom stereocenters. The number of hydrogen-bond donors (Lipinski definition) is 0. The highest BCUT2D eigenvalue weighted by Gasteiger charge is 1.91. The van der Waals surface area contributed by atoms with E-state index in [9.17, 15) is 0 Å². The molecule has 0 aliphatic heterocycles. The van der Waals surface area contributed by atoms with Crippen molar-refractivity contribution in [3.63, 3.8) is 0 Å². The van der Waals surface area contributed by atoms with Crippen LogP contribution >= 0.6 is 12.0 Å². The Labute approximate surface area is 55.3 Å². The minimum atomic E-state index is 0.181. The molecule has 0 amide bonds. The van der Waals surface area contributed by atoms with Gasteiger partial charge in [-0.25, -0.2) is 0 Å². The predicted molar refractivity (Wildman–Crippen MR) is 38.9 cm³/mol. The van der Waals surface area contributed by atoms with Gasteiger partial charge in [0.15, 0.2) is 0 Å². The summed E-state index contributed by atoms with van der Waals surface area (Å²) in [5.74, 6) is 0.998. The standard InChI is InChI=1S/C6H12OS/c1-4-6(3)7-8-5-2/h4,6H,1,5H2,2-3H3. The SMILES string of the molecule is C=CC(C)OSCC. The summed E-state index contributed by atoms with van der Waals surface area (Å²) in [7, 11) is 0. The van der Waals surface area contributed by atoms with Gasteiger partial charge in [-0.1, -0.05) is 13.0 Å². The van der Waals surface area contributed by atoms with Crippen molar-refractivity contribution in [2.75, 3.05) is 5.75 Å². The first-order valence-electron chi connectivity index (χ1n) is 2.72. The molecule has 0 rings (SSSR count). The van der Waals surface area contributed by atoms with E-state index in [-0.39, 0.29) is 6.10 Å². The minimum absolute atomic E-state index is 0.181. The molecular weight excluding hydrogens is 120 g/mol. The van der Waals surface area contributed by atoms with E-state index < -0.39 is 0 Å². The summed E-state index contributed by atoms with van der Waals surface area (Å²) in [6.07, 6.45) is 1.96. The van der Waals surface area contributed by atoms with Crippen molar-refractivity contribution >= 4 is 12.0 Å². The van der Waals surface area contributed by atoms with E-state index in [0.717, 1.165) is 5.75 Å². The van der Waals surface area contributed by atoms with Gasteiger partial charge >= 0.3 is 0 Å². The molecule has 0 bridgehead atoms. The summed E-state index contributed by atoms with van der Waals surface area (Å²) in [5, 5.41) is 0. The Bertz CT molecular complexity index is 63.5. The molecule has 0 aromatic rings. The van der Waals surface area contributed by atoms with Gasteiger partial charge in [0.2, 0.25) is 0 Å². The maximum absolute atomic E-state index is 5.14. The van der Waals surface area contributed by atoms with E-state index in [1.165, 1.54) is 12.0 Å². The van der Waals surface area contributed by atoms with Gasteiger partial charge < -0.3 is 4.18 Å². The van der Waals surface area contributed by atoms with Gasteiger partial charge in [-0.2, -0.15) is 0 Å². The summed E-state index contributed by atoms with van der Waals surface area (Å²) in [5.41, 5.74) is 0. The summed E-state index contributed by atoms with van der Waals surface area (Å²) in [6.45, 7) is 7.60. The van der Waals surface area contributed by atoms with Gasteiger partial charge in [-0.3, -0.25) is 0 Å². The average molecular weight is 132 g/mol. The zero-order chi connectivity index (χ0) is 6.41. The van der Waals surface area contributed by atoms with Crippen molar-refractivity contribution in [3.8, 4) is 0 Å². The molecule has 2 heteroatoms. The Morgan fingerprint density at radius 3 is 2.88 bits per heavy atom. The highest BCUT2D eigenvalue weighted by atomic mass is 32.2. The Morgan fingerprint density at radius 1 is 1.88 bits per heavy atom. The smallest absolute Gasteiger partial charge is 0.0872 e. The van der Waals surface area contributed by atoms with Gasteiger partial charge in [0.05, 0.1) is 6.10 Å². The van der Waals surface area contributed by atoms with Crippen LogP contribution in [0.25, 0.3) is 0 Å². The fraction of sp³-hybridized carbons (Fsp3) is 0.667. The van der Waals surface area contributed by atoms with Crippen LogP contribution in [0.5, 0.6) is 0 Å². The van der Waals surface area contributed by atoms with Crippen LogP contribution in [0.4, 0.5) is 0 Å². The monoisotopic (exact) mass is 132 g/mol. The van der Waals surface area contributed by atoms with Gasteiger partial charge in [-0.05, 0) is 19.0 Å². The molecule has 1 nitrogen and oxygen atoms in total. The van der Waals surface area contributed by atoms with Crippen LogP contribution in [0.1, 0.15) is 13.8 Å². The van der Waals surface area contributed by atoms with Crippen molar-refractivity contribution in [2.45, 2.75) is 20.0 Å². The first-order chi connectivity index (χ1) is 3.81. The molecule has 0 spiro atoms. The summed E-state index contributed by atoms with van der Waals surface area (Å²) in [4.78, 5) is 0. The van der Waals surface area contributed by atoms with Crippen molar-refractivity contribution in [1.82, 2.24) is 0 Å². The van der Waals surface area contributed by atoms with E-state index in [1.54, 1.807) is 6.08 Å². The normalized spacial score (nSPS) is 13.2. The van der Waals surface area contributed by atoms with Crippen LogP contribution in [0.15, 0.2) is 12.7 Å². The summed E-state index contributed by atoms with van der Waals surface area (Å²) < 4.78 is 5.14. The topological polar surface area (TPSA) is 9.23 Å². The van der Waals surface area contributed by atoms with E-state index >= 15 is 0 Å². The van der Waals surface area contributed by atoms with Crippen molar-refractivity contribution in [3.05, 3.63) is 12.7 Å². The zero-order valence-corrected chi connectivity index (χ0v) is 6.20. The fourth-order valence-electron chi connectivity index (χ4n) is 0.215. The molecular formula is C6H12OS. The number of rotatable bonds is 4. The molecule has 48 valence electrons. The second kappa shape index (κ2) is 5.19. The van der Waals surface area contributed by atoms with E-state index in [1.807, 2.05) is 6.92 Å². The summed E-state index contributed by atoms with van der Waals surface area (Å²) >= 11 is 1.47. The molecule has 8 heavy (non-hydrogen) atoms. The fourth-order valence-corrected chi connectivity index (χ4v) is 0.644. The highest BCUT2D eigenvalue weighted by Crippen LogP contribution is 2.05. The third-order valence-corrected chi connectivity index (χ3v) is 1.34. The molecule has 0 radical (unpaired) electrons. The molecule has 0 aromatic heterocycles. The molecule has 0 aliphatic carbocycles. The predicted octanol–water partition coefficient (Wildman–Crippen LogP) is 2.25. The summed E-state index contributed by atoms with van der Waals surface area (Å²) in [6, 6.07) is 0. The van der Waals surface area contributed by atoms with Crippen molar-refractivity contribution < 1.29 is 4.18 Å². The van der Waals surface area contributed by atoms with Crippen LogP contribution in [-0.4, -0.2) is 11.9 Å². The lowest BCUT2D eigenvalue weighted by molar-refractivity contribution is 0.322. The lowest BCUT2D eigenvalue weighted by Crippen LogP contribution is -1.96. The van der Waals surface area contributed by atoms with Gasteiger partial charge in [-0.15, -0.1) is 6.58 Å². The zero-order valence-electron chi connectivity index (χ0n) is 5.39. The Balaban J connectivity index is 2.98. The van der Waals surface area contributed by atoms with E-state index in [0.29, 0.717) is 0 Å². The Kier molecular flexibility index (Phi) is 5.22. The number of hydrogen-bond acceptors (Lipinski definition) is 2.